The second kappa shape index (κ2) is 3.26. The van der Waals surface area contributed by atoms with Gasteiger partial charge in [-0.25, -0.2) is 4.79 Å². The van der Waals surface area contributed by atoms with Crippen LogP contribution in [0.4, 0.5) is 0 Å². The maximum absolute atomic E-state index is 9.74. The van der Waals surface area contributed by atoms with Crippen molar-refractivity contribution in [2.45, 2.75) is 0 Å². The van der Waals surface area contributed by atoms with Gasteiger partial charge in [-0.15, -0.1) is 9.90 Å². The number of amidine groups is 1. The Labute approximate surface area is 49.4 Å². The van der Waals surface area contributed by atoms with E-state index in [2.05, 4.69) is 4.99 Å². The Kier molecular flexibility index (Phi) is 2.62. The number of nitroso groups, excluding NO2 is 1. The molecule has 0 aliphatic rings. The van der Waals surface area contributed by atoms with E-state index in [1.165, 1.54) is 0 Å². The number of nitriles is 1. The lowest BCUT2D eigenvalue weighted by Gasteiger charge is -1.78. The first-order valence-electron chi connectivity index (χ1n) is 1.75. The highest BCUT2D eigenvalue weighted by atomic mass is 16.4. The summed E-state index contributed by atoms with van der Waals surface area (Å²) in [4.78, 5) is 21.8. The van der Waals surface area contributed by atoms with Crippen molar-refractivity contribution in [3.8, 4) is 6.19 Å². The van der Waals surface area contributed by atoms with Crippen LogP contribution in [0.15, 0.2) is 10.2 Å². The first-order valence-corrected chi connectivity index (χ1v) is 1.75. The molecule has 6 nitrogen and oxygen atoms in total. The van der Waals surface area contributed by atoms with E-state index in [0.717, 1.165) is 6.19 Å². The summed E-state index contributed by atoms with van der Waals surface area (Å²) in [6, 6.07) is 0. The number of nitrogens with zero attached hydrogens (tertiary/aromatic N) is 3. The number of aliphatic carboxylic acids is 1. The number of hydrogen-bond donors (Lipinski definition) is 1. The molecule has 46 valence electrons. The fraction of sp³-hybridized carbons (Fsp3) is 0. The van der Waals surface area contributed by atoms with Crippen LogP contribution >= 0.6 is 0 Å². The Morgan fingerprint density at radius 1 is 1.67 bits per heavy atom. The molecule has 0 spiro atoms. The molecule has 0 aliphatic heterocycles. The second-order valence-corrected chi connectivity index (χ2v) is 0.932. The fourth-order valence-corrected chi connectivity index (χ4v) is 0.155. The molecule has 0 bridgehead atoms. The average molecular weight is 127 g/mol. The molecule has 0 aromatic carbocycles. The molecule has 1 N–H and O–H groups in total. The summed E-state index contributed by atoms with van der Waals surface area (Å²) >= 11 is 0. The van der Waals surface area contributed by atoms with Gasteiger partial charge >= 0.3 is 5.97 Å². The number of carboxylic acids is 1. The molecule has 0 aromatic heterocycles. The molecule has 0 amide bonds. The first-order chi connectivity index (χ1) is 4.22. The summed E-state index contributed by atoms with van der Waals surface area (Å²) < 4.78 is 0. The van der Waals surface area contributed by atoms with E-state index in [1.54, 1.807) is 0 Å². The van der Waals surface area contributed by atoms with Gasteiger partial charge in [-0.05, 0) is 5.18 Å². The van der Waals surface area contributed by atoms with Gasteiger partial charge in [-0.1, -0.05) is 0 Å². The van der Waals surface area contributed by atoms with E-state index >= 15 is 0 Å². The molecule has 6 heteroatoms. The largest absolute Gasteiger partial charge is 0.475 e. The summed E-state index contributed by atoms with van der Waals surface area (Å²) in [5, 5.41) is 17.6. The molecule has 0 atom stereocenters. The van der Waals surface area contributed by atoms with E-state index in [4.69, 9.17) is 10.4 Å². The van der Waals surface area contributed by atoms with E-state index in [-0.39, 0.29) is 0 Å². The Bertz CT molecular complexity index is 201. The third-order valence-electron chi connectivity index (χ3n) is 0.434. The zero-order valence-corrected chi connectivity index (χ0v) is 4.11. The molecule has 0 unspecified atom stereocenters. The molecule has 0 aliphatic carbocycles. The van der Waals surface area contributed by atoms with Crippen molar-refractivity contribution >= 4 is 11.8 Å². The van der Waals surface area contributed by atoms with Crippen LogP contribution in [-0.4, -0.2) is 16.9 Å². The van der Waals surface area contributed by atoms with Crippen molar-refractivity contribution in [2.24, 2.45) is 10.2 Å². The Balaban J connectivity index is 4.38. The van der Waals surface area contributed by atoms with Gasteiger partial charge in [-0.3, -0.25) is 0 Å². The highest BCUT2D eigenvalue weighted by Crippen LogP contribution is 1.78. The molecule has 0 radical (unpaired) electrons. The zero-order valence-electron chi connectivity index (χ0n) is 4.11. The van der Waals surface area contributed by atoms with Crippen molar-refractivity contribution in [1.29, 1.82) is 5.26 Å². The normalized spacial score (nSPS) is 9.89. The quantitative estimate of drug-likeness (QED) is 0.209. The molecule has 0 fully saturated rings. The summed E-state index contributed by atoms with van der Waals surface area (Å²) in [7, 11) is 0. The van der Waals surface area contributed by atoms with E-state index in [0.29, 0.717) is 0 Å². The van der Waals surface area contributed by atoms with Crippen LogP contribution in [0.1, 0.15) is 0 Å². The smallest absolute Gasteiger partial charge is 0.378 e. The van der Waals surface area contributed by atoms with Gasteiger partial charge in [0, 0.05) is 0 Å². The minimum Gasteiger partial charge on any atom is -0.475 e. The van der Waals surface area contributed by atoms with E-state index < -0.39 is 11.8 Å². The maximum atomic E-state index is 9.74. The van der Waals surface area contributed by atoms with Gasteiger partial charge in [0.1, 0.15) is 0 Å². The van der Waals surface area contributed by atoms with E-state index in [1.807, 2.05) is 5.18 Å². The summed E-state index contributed by atoms with van der Waals surface area (Å²) in [6.07, 6.45) is 1.11. The summed E-state index contributed by atoms with van der Waals surface area (Å²) in [6.45, 7) is 0. The van der Waals surface area contributed by atoms with Gasteiger partial charge < -0.3 is 5.11 Å². The highest BCUT2D eigenvalue weighted by molar-refractivity contribution is 6.35. The van der Waals surface area contributed by atoms with Crippen LogP contribution in [0, 0.1) is 16.4 Å². The lowest BCUT2D eigenvalue weighted by molar-refractivity contribution is -0.129. The van der Waals surface area contributed by atoms with Crippen LogP contribution in [0.25, 0.3) is 0 Å². The van der Waals surface area contributed by atoms with E-state index in [9.17, 15) is 9.70 Å². The third-order valence-corrected chi connectivity index (χ3v) is 0.434. The molecule has 0 aromatic rings. The molecular weight excluding hydrogens is 126 g/mol. The first kappa shape index (κ1) is 7.23. The molecule has 9 heavy (non-hydrogen) atoms. The van der Waals surface area contributed by atoms with Crippen LogP contribution < -0.4 is 0 Å². The monoisotopic (exact) mass is 127 g/mol. The van der Waals surface area contributed by atoms with Crippen molar-refractivity contribution in [3.05, 3.63) is 4.91 Å². The van der Waals surface area contributed by atoms with Gasteiger partial charge in [0.15, 0.2) is 0 Å². The lowest BCUT2D eigenvalue weighted by atomic mass is 10.6. The highest BCUT2D eigenvalue weighted by Gasteiger charge is 2.07. The molecular formula is C3HN3O3. The number of rotatable bonds is 0. The average Bonchev–Trinajstić information content (AvgIpc) is 1.82. The summed E-state index contributed by atoms with van der Waals surface area (Å²) in [5.41, 5.74) is 0. The van der Waals surface area contributed by atoms with Crippen molar-refractivity contribution < 1.29 is 9.90 Å². The number of carbonyl (C=O) groups is 1. The fourth-order valence-electron chi connectivity index (χ4n) is 0.155. The van der Waals surface area contributed by atoms with Crippen molar-refractivity contribution in [2.75, 3.05) is 0 Å². The SMILES string of the molecule is N#CN=C(N=O)C(=O)O. The van der Waals surface area contributed by atoms with Gasteiger partial charge in [0.2, 0.25) is 6.19 Å². The Morgan fingerprint density at radius 2 is 2.22 bits per heavy atom. The predicted molar refractivity (Wildman–Crippen MR) is 26.5 cm³/mol. The molecule has 0 heterocycles. The maximum Gasteiger partial charge on any atom is 0.378 e. The lowest BCUT2D eigenvalue weighted by Crippen LogP contribution is -2.08. The minimum atomic E-state index is -1.61. The minimum absolute atomic E-state index is 1.03. The molecule has 0 saturated carbocycles. The second-order valence-electron chi connectivity index (χ2n) is 0.932. The van der Waals surface area contributed by atoms with Crippen LogP contribution in [0.2, 0.25) is 0 Å². The van der Waals surface area contributed by atoms with Crippen molar-refractivity contribution in [1.82, 2.24) is 0 Å². The molecule has 0 rings (SSSR count). The Hall–Kier alpha value is -1.77. The zero-order chi connectivity index (χ0) is 7.28. The molecule has 0 saturated heterocycles. The topological polar surface area (TPSA) is 103 Å². The number of carboxylic acid groups (broad SMARTS) is 1. The standard InChI is InChI=1S/C3HN3O3/c4-1-5-2(6-9)3(7)8/h(H,7,8). The number of hydrogen-bond acceptors (Lipinski definition) is 4. The van der Waals surface area contributed by atoms with Gasteiger partial charge in [0.25, 0.3) is 5.84 Å². The van der Waals surface area contributed by atoms with Crippen molar-refractivity contribution in [3.63, 3.8) is 0 Å². The van der Waals surface area contributed by atoms with Gasteiger partial charge in [-0.2, -0.15) is 5.26 Å². The van der Waals surface area contributed by atoms with Crippen LogP contribution in [0.3, 0.4) is 0 Å². The number of aliphatic imine (C=N–C) groups is 1. The third kappa shape index (κ3) is 2.13. The van der Waals surface area contributed by atoms with Crippen LogP contribution in [0.5, 0.6) is 0 Å². The summed E-state index contributed by atoms with van der Waals surface area (Å²) in [5.74, 6) is -2.64. The predicted octanol–water partition coefficient (Wildman–Crippen LogP) is -0.283. The van der Waals surface area contributed by atoms with Gasteiger partial charge in [0.05, 0.1) is 0 Å². The van der Waals surface area contributed by atoms with Crippen LogP contribution in [-0.2, 0) is 4.79 Å². The Morgan fingerprint density at radius 3 is 2.33 bits per heavy atom.